The Bertz CT molecular complexity index is 867. The topological polar surface area (TPSA) is 42.0 Å². The summed E-state index contributed by atoms with van der Waals surface area (Å²) in [7, 11) is 0. The summed E-state index contributed by atoms with van der Waals surface area (Å²) in [5.74, 6) is 0.0589. The lowest BCUT2D eigenvalue weighted by Crippen LogP contribution is -1.95. The zero-order valence-electron chi connectivity index (χ0n) is 13.4. The Morgan fingerprint density at radius 2 is 1.91 bits per heavy atom. The largest absolute Gasteiger partial charge is 0.332 e. The third kappa shape index (κ3) is 3.48. The van der Waals surface area contributed by atoms with Crippen molar-refractivity contribution in [3.05, 3.63) is 64.5 Å². The highest BCUT2D eigenvalue weighted by atomic mass is 32.1. The highest BCUT2D eigenvalue weighted by Gasteiger charge is 2.07. The molecule has 1 aromatic heterocycles. The number of anilines is 2. The summed E-state index contributed by atoms with van der Waals surface area (Å²) in [5, 5.41) is 6.13. The van der Waals surface area contributed by atoms with Crippen molar-refractivity contribution in [1.29, 1.82) is 0 Å². The van der Waals surface area contributed by atoms with Gasteiger partial charge in [0.1, 0.15) is 0 Å². The van der Waals surface area contributed by atoms with Crippen molar-refractivity contribution in [3.8, 4) is 11.3 Å². The van der Waals surface area contributed by atoms with E-state index >= 15 is 0 Å². The molecule has 0 amide bonds. The number of ketones is 1. The molecule has 0 saturated carbocycles. The van der Waals surface area contributed by atoms with E-state index in [1.165, 1.54) is 11.1 Å². The van der Waals surface area contributed by atoms with Crippen LogP contribution < -0.4 is 5.32 Å². The molecule has 0 unspecified atom stereocenters. The lowest BCUT2D eigenvalue weighted by molar-refractivity contribution is 0.101. The normalized spacial score (nSPS) is 10.6. The Kier molecular flexibility index (Phi) is 4.26. The Morgan fingerprint density at radius 3 is 2.65 bits per heavy atom. The van der Waals surface area contributed by atoms with Gasteiger partial charge in [-0.15, -0.1) is 11.3 Å². The Hall–Kier alpha value is -2.46. The first kappa shape index (κ1) is 15.4. The second kappa shape index (κ2) is 6.34. The van der Waals surface area contributed by atoms with Crippen molar-refractivity contribution in [3.63, 3.8) is 0 Å². The van der Waals surface area contributed by atoms with Crippen molar-refractivity contribution in [2.45, 2.75) is 20.8 Å². The first-order valence-corrected chi connectivity index (χ1v) is 8.32. The van der Waals surface area contributed by atoms with E-state index in [0.717, 1.165) is 22.1 Å². The first-order valence-electron chi connectivity index (χ1n) is 7.44. The van der Waals surface area contributed by atoms with Crippen LogP contribution in [0.1, 0.15) is 28.4 Å². The number of Topliss-reactive ketones (excluding diaryl/α,β-unsaturated/α-hetero) is 1. The van der Waals surface area contributed by atoms with Crippen LogP contribution in [0.5, 0.6) is 0 Å². The maximum Gasteiger partial charge on any atom is 0.187 e. The van der Waals surface area contributed by atoms with Crippen LogP contribution in [0, 0.1) is 13.8 Å². The molecule has 2 aromatic carbocycles. The predicted molar refractivity (Wildman–Crippen MR) is 96.8 cm³/mol. The van der Waals surface area contributed by atoms with Crippen molar-refractivity contribution >= 4 is 27.9 Å². The zero-order valence-corrected chi connectivity index (χ0v) is 14.2. The van der Waals surface area contributed by atoms with Crippen molar-refractivity contribution in [2.24, 2.45) is 0 Å². The van der Waals surface area contributed by atoms with Crippen molar-refractivity contribution in [1.82, 2.24) is 4.98 Å². The van der Waals surface area contributed by atoms with Crippen LogP contribution in [0.4, 0.5) is 10.8 Å². The number of aryl methyl sites for hydroxylation is 2. The van der Waals surface area contributed by atoms with E-state index in [0.29, 0.717) is 5.56 Å². The number of thiazole rings is 1. The molecule has 1 heterocycles. The molecule has 0 spiro atoms. The average Bonchev–Trinajstić information content (AvgIpc) is 2.99. The van der Waals surface area contributed by atoms with E-state index in [2.05, 4.69) is 42.3 Å². The van der Waals surface area contributed by atoms with E-state index in [9.17, 15) is 4.79 Å². The van der Waals surface area contributed by atoms with Crippen LogP contribution in [-0.4, -0.2) is 10.8 Å². The fourth-order valence-corrected chi connectivity index (χ4v) is 3.04. The van der Waals surface area contributed by atoms with Gasteiger partial charge in [0, 0.05) is 22.2 Å². The number of aromatic nitrogens is 1. The molecule has 3 rings (SSSR count). The highest BCUT2D eigenvalue weighted by molar-refractivity contribution is 7.14. The number of hydrogen-bond acceptors (Lipinski definition) is 4. The van der Waals surface area contributed by atoms with Gasteiger partial charge in [-0.05, 0) is 50.1 Å². The number of hydrogen-bond donors (Lipinski definition) is 1. The monoisotopic (exact) mass is 322 g/mol. The van der Waals surface area contributed by atoms with Crippen LogP contribution in [0.3, 0.4) is 0 Å². The van der Waals surface area contributed by atoms with Gasteiger partial charge in [-0.3, -0.25) is 4.79 Å². The van der Waals surface area contributed by atoms with Gasteiger partial charge in [-0.1, -0.05) is 24.3 Å². The molecule has 4 heteroatoms. The molecule has 0 atom stereocenters. The van der Waals surface area contributed by atoms with Gasteiger partial charge >= 0.3 is 0 Å². The van der Waals surface area contributed by atoms with E-state index in [1.807, 2.05) is 29.6 Å². The molecule has 0 bridgehead atoms. The maximum absolute atomic E-state index is 11.5. The third-order valence-electron chi connectivity index (χ3n) is 3.83. The Morgan fingerprint density at radius 1 is 1.09 bits per heavy atom. The zero-order chi connectivity index (χ0) is 16.4. The summed E-state index contributed by atoms with van der Waals surface area (Å²) in [6.07, 6.45) is 0. The van der Waals surface area contributed by atoms with Crippen LogP contribution in [0.2, 0.25) is 0 Å². The fraction of sp³-hybridized carbons (Fsp3) is 0.158. The van der Waals surface area contributed by atoms with Gasteiger partial charge in [0.25, 0.3) is 0 Å². The summed E-state index contributed by atoms with van der Waals surface area (Å²) in [5.41, 5.74) is 6.19. The van der Waals surface area contributed by atoms with Gasteiger partial charge in [0.15, 0.2) is 10.9 Å². The number of carbonyl (C=O) groups is 1. The number of benzene rings is 2. The third-order valence-corrected chi connectivity index (χ3v) is 4.58. The van der Waals surface area contributed by atoms with Crippen molar-refractivity contribution < 1.29 is 4.79 Å². The molecule has 0 fully saturated rings. The minimum absolute atomic E-state index is 0.0589. The smallest absolute Gasteiger partial charge is 0.187 e. The molecule has 0 radical (unpaired) electrons. The molecule has 0 aliphatic carbocycles. The summed E-state index contributed by atoms with van der Waals surface area (Å²) < 4.78 is 0. The molecule has 0 aliphatic rings. The van der Waals surface area contributed by atoms with E-state index in [4.69, 9.17) is 0 Å². The standard InChI is InChI=1S/C19H18N2OS/c1-12-7-8-16(9-13(12)2)18-11-23-19(21-18)20-17-6-4-5-15(10-17)14(3)22/h4-11H,1-3H3,(H,20,21). The van der Waals surface area contributed by atoms with Gasteiger partial charge in [-0.25, -0.2) is 4.98 Å². The Balaban J connectivity index is 1.83. The molecule has 3 nitrogen and oxygen atoms in total. The molecule has 1 N–H and O–H groups in total. The van der Waals surface area contributed by atoms with Crippen LogP contribution in [-0.2, 0) is 0 Å². The molecule has 23 heavy (non-hydrogen) atoms. The van der Waals surface area contributed by atoms with Crippen LogP contribution >= 0.6 is 11.3 Å². The summed E-state index contributed by atoms with van der Waals surface area (Å²) in [4.78, 5) is 16.1. The second-order valence-electron chi connectivity index (χ2n) is 5.60. The first-order chi connectivity index (χ1) is 11.0. The molecule has 116 valence electrons. The van der Waals surface area contributed by atoms with Gasteiger partial charge in [0.05, 0.1) is 5.69 Å². The van der Waals surface area contributed by atoms with Crippen molar-refractivity contribution in [2.75, 3.05) is 5.32 Å². The number of rotatable bonds is 4. The minimum atomic E-state index is 0.0589. The molecular formula is C19H18N2OS. The lowest BCUT2D eigenvalue weighted by Gasteiger charge is -2.04. The van der Waals surface area contributed by atoms with E-state index < -0.39 is 0 Å². The molecule has 3 aromatic rings. The number of nitrogens with one attached hydrogen (secondary N) is 1. The Labute approximate surface area is 140 Å². The number of nitrogens with zero attached hydrogens (tertiary/aromatic N) is 1. The predicted octanol–water partition coefficient (Wildman–Crippen LogP) is 5.37. The maximum atomic E-state index is 11.5. The second-order valence-corrected chi connectivity index (χ2v) is 6.46. The summed E-state index contributed by atoms with van der Waals surface area (Å²) in [6, 6.07) is 13.8. The van der Waals surface area contributed by atoms with E-state index in [1.54, 1.807) is 18.3 Å². The van der Waals surface area contributed by atoms with Crippen LogP contribution in [0.15, 0.2) is 47.8 Å². The number of carbonyl (C=O) groups excluding carboxylic acids is 1. The van der Waals surface area contributed by atoms with Crippen LogP contribution in [0.25, 0.3) is 11.3 Å². The fourth-order valence-electron chi connectivity index (χ4n) is 2.30. The van der Waals surface area contributed by atoms with Gasteiger partial charge in [-0.2, -0.15) is 0 Å². The molecule has 0 aliphatic heterocycles. The minimum Gasteiger partial charge on any atom is -0.332 e. The molecular weight excluding hydrogens is 304 g/mol. The lowest BCUT2D eigenvalue weighted by atomic mass is 10.1. The quantitative estimate of drug-likeness (QED) is 0.656. The summed E-state index contributed by atoms with van der Waals surface area (Å²) >= 11 is 1.56. The SMILES string of the molecule is CC(=O)c1cccc(Nc2nc(-c3ccc(C)c(C)c3)cs2)c1. The molecule has 0 saturated heterocycles. The van der Waals surface area contributed by atoms with Gasteiger partial charge < -0.3 is 5.32 Å². The average molecular weight is 322 g/mol. The highest BCUT2D eigenvalue weighted by Crippen LogP contribution is 2.28. The summed E-state index contributed by atoms with van der Waals surface area (Å²) in [6.45, 7) is 5.78. The van der Waals surface area contributed by atoms with E-state index in [-0.39, 0.29) is 5.78 Å². The van der Waals surface area contributed by atoms with Gasteiger partial charge in [0.2, 0.25) is 0 Å².